The van der Waals surface area contributed by atoms with E-state index in [1.807, 2.05) is 0 Å². The molecule has 0 bridgehead atoms. The molecule has 0 saturated heterocycles. The van der Waals surface area contributed by atoms with Crippen LogP contribution in [0.2, 0.25) is 0 Å². The topological polar surface area (TPSA) is 60.1 Å². The minimum absolute atomic E-state index is 0.225. The van der Waals surface area contributed by atoms with Gasteiger partial charge in [0.1, 0.15) is 0 Å². The van der Waals surface area contributed by atoms with Crippen molar-refractivity contribution >= 4 is 29.2 Å². The fourth-order valence-electron chi connectivity index (χ4n) is 2.39. The standard InChI is InChI=1S/C11H16Cl2N4O2/c1-15(2)9-14-10(18)17(11(19)16(9)3)7-5-4-6(12)8(7)13/h6-8H,4-5H2,1-3H3. The van der Waals surface area contributed by atoms with Gasteiger partial charge in [-0.1, -0.05) is 0 Å². The Labute approximate surface area is 120 Å². The van der Waals surface area contributed by atoms with Gasteiger partial charge in [0.15, 0.2) is 0 Å². The first-order valence-corrected chi connectivity index (χ1v) is 6.87. The van der Waals surface area contributed by atoms with Crippen LogP contribution < -0.4 is 16.3 Å². The molecule has 2 rings (SSSR count). The van der Waals surface area contributed by atoms with E-state index in [0.29, 0.717) is 18.8 Å². The van der Waals surface area contributed by atoms with E-state index in [9.17, 15) is 9.59 Å². The maximum atomic E-state index is 12.3. The molecule has 3 atom stereocenters. The molecule has 106 valence electrons. The summed E-state index contributed by atoms with van der Waals surface area (Å²) in [7, 11) is 5.03. The molecule has 0 aliphatic heterocycles. The molecule has 1 saturated carbocycles. The van der Waals surface area contributed by atoms with Crippen molar-refractivity contribution in [1.29, 1.82) is 0 Å². The predicted octanol–water partition coefficient (Wildman–Crippen LogP) is 0.558. The highest BCUT2D eigenvalue weighted by Crippen LogP contribution is 2.36. The van der Waals surface area contributed by atoms with E-state index in [0.717, 1.165) is 4.57 Å². The first kappa shape index (κ1) is 14.4. The second-order valence-electron chi connectivity index (χ2n) is 4.91. The van der Waals surface area contributed by atoms with Crippen LogP contribution in [-0.2, 0) is 7.05 Å². The molecule has 1 aromatic rings. The lowest BCUT2D eigenvalue weighted by atomic mass is 10.2. The monoisotopic (exact) mass is 306 g/mol. The first-order valence-electron chi connectivity index (χ1n) is 5.99. The number of hydrogen-bond donors (Lipinski definition) is 0. The van der Waals surface area contributed by atoms with Gasteiger partial charge in [0.05, 0.1) is 16.8 Å². The van der Waals surface area contributed by atoms with Crippen molar-refractivity contribution in [2.75, 3.05) is 19.0 Å². The van der Waals surface area contributed by atoms with Crippen molar-refractivity contribution in [2.24, 2.45) is 7.05 Å². The summed E-state index contributed by atoms with van der Waals surface area (Å²) in [4.78, 5) is 29.9. The third-order valence-corrected chi connectivity index (χ3v) is 4.59. The SMILES string of the molecule is CN(C)c1nc(=O)n(C2CCC(Cl)C2Cl)c(=O)n1C. The van der Waals surface area contributed by atoms with E-state index >= 15 is 0 Å². The Morgan fingerprint density at radius 3 is 2.37 bits per heavy atom. The molecule has 19 heavy (non-hydrogen) atoms. The maximum Gasteiger partial charge on any atom is 0.355 e. The average Bonchev–Trinajstić information content (AvgIpc) is 2.66. The van der Waals surface area contributed by atoms with Crippen molar-refractivity contribution in [3.63, 3.8) is 0 Å². The summed E-state index contributed by atoms with van der Waals surface area (Å²) in [6.07, 6.45) is 1.30. The Kier molecular flexibility index (Phi) is 3.92. The van der Waals surface area contributed by atoms with E-state index in [4.69, 9.17) is 23.2 Å². The van der Waals surface area contributed by atoms with Gasteiger partial charge in [-0.25, -0.2) is 14.2 Å². The molecule has 1 aliphatic rings. The average molecular weight is 307 g/mol. The quantitative estimate of drug-likeness (QED) is 0.749. The van der Waals surface area contributed by atoms with Gasteiger partial charge in [0.25, 0.3) is 0 Å². The van der Waals surface area contributed by atoms with Crippen molar-refractivity contribution in [3.8, 4) is 0 Å². The highest BCUT2D eigenvalue weighted by Gasteiger charge is 2.37. The Bertz CT molecular complexity index is 595. The molecule has 0 radical (unpaired) electrons. The lowest BCUT2D eigenvalue weighted by Crippen LogP contribution is -2.46. The van der Waals surface area contributed by atoms with Crippen molar-refractivity contribution in [2.45, 2.75) is 29.6 Å². The van der Waals surface area contributed by atoms with Gasteiger partial charge in [-0.2, -0.15) is 4.98 Å². The molecule has 1 fully saturated rings. The third-order valence-electron chi connectivity index (χ3n) is 3.38. The van der Waals surface area contributed by atoms with Gasteiger partial charge in [-0.3, -0.25) is 4.57 Å². The van der Waals surface area contributed by atoms with Gasteiger partial charge in [0, 0.05) is 21.1 Å². The molecule has 0 spiro atoms. The van der Waals surface area contributed by atoms with Crippen LogP contribution in [0.15, 0.2) is 9.59 Å². The van der Waals surface area contributed by atoms with Gasteiger partial charge in [0.2, 0.25) is 5.95 Å². The molecule has 1 aliphatic carbocycles. The molecular formula is C11H16Cl2N4O2. The number of alkyl halides is 2. The van der Waals surface area contributed by atoms with Gasteiger partial charge in [-0.15, -0.1) is 23.2 Å². The van der Waals surface area contributed by atoms with Gasteiger partial charge in [-0.05, 0) is 12.8 Å². The summed E-state index contributed by atoms with van der Waals surface area (Å²) in [6, 6.07) is -0.390. The van der Waals surface area contributed by atoms with E-state index < -0.39 is 16.8 Å². The second-order valence-corrected chi connectivity index (χ2v) is 5.97. The van der Waals surface area contributed by atoms with Crippen molar-refractivity contribution in [1.82, 2.24) is 14.1 Å². The molecule has 8 heteroatoms. The lowest BCUT2D eigenvalue weighted by molar-refractivity contribution is 0.454. The molecular weight excluding hydrogens is 291 g/mol. The molecule has 1 heterocycles. The fourth-order valence-corrected chi connectivity index (χ4v) is 3.05. The van der Waals surface area contributed by atoms with Crippen molar-refractivity contribution in [3.05, 3.63) is 21.0 Å². The van der Waals surface area contributed by atoms with Crippen LogP contribution in [0.3, 0.4) is 0 Å². The smallest absolute Gasteiger partial charge is 0.348 e. The van der Waals surface area contributed by atoms with Crippen LogP contribution in [0.25, 0.3) is 0 Å². The zero-order valence-corrected chi connectivity index (χ0v) is 12.5. The zero-order chi connectivity index (χ0) is 14.3. The highest BCUT2D eigenvalue weighted by atomic mass is 35.5. The summed E-state index contributed by atoms with van der Waals surface area (Å²) in [5.41, 5.74) is -0.988. The second kappa shape index (κ2) is 5.17. The lowest BCUT2D eigenvalue weighted by Gasteiger charge is -2.20. The number of rotatable bonds is 2. The molecule has 0 amide bonds. The zero-order valence-electron chi connectivity index (χ0n) is 11.0. The summed E-state index contributed by atoms with van der Waals surface area (Å²) in [5.74, 6) is 0.317. The maximum absolute atomic E-state index is 12.3. The van der Waals surface area contributed by atoms with Crippen LogP contribution in [-0.4, -0.2) is 39.0 Å². The highest BCUT2D eigenvalue weighted by molar-refractivity contribution is 6.30. The molecule has 0 N–H and O–H groups in total. The summed E-state index contributed by atoms with van der Waals surface area (Å²) in [6.45, 7) is 0. The Balaban J connectivity index is 2.58. The van der Waals surface area contributed by atoms with Gasteiger partial charge < -0.3 is 4.90 Å². The largest absolute Gasteiger partial charge is 0.355 e. The van der Waals surface area contributed by atoms with Crippen LogP contribution in [0.5, 0.6) is 0 Å². The Morgan fingerprint density at radius 2 is 1.89 bits per heavy atom. The minimum Gasteiger partial charge on any atom is -0.348 e. The summed E-state index contributed by atoms with van der Waals surface area (Å²) >= 11 is 12.2. The molecule has 3 unspecified atom stereocenters. The van der Waals surface area contributed by atoms with Gasteiger partial charge >= 0.3 is 11.4 Å². The van der Waals surface area contributed by atoms with Crippen LogP contribution >= 0.6 is 23.2 Å². The van der Waals surface area contributed by atoms with Crippen molar-refractivity contribution < 1.29 is 0 Å². The predicted molar refractivity (Wildman–Crippen MR) is 75.6 cm³/mol. The number of hydrogen-bond acceptors (Lipinski definition) is 4. The van der Waals surface area contributed by atoms with E-state index in [-0.39, 0.29) is 11.4 Å². The third kappa shape index (κ3) is 2.39. The fraction of sp³-hybridized carbons (Fsp3) is 0.727. The number of anilines is 1. The van der Waals surface area contributed by atoms with E-state index in [2.05, 4.69) is 4.98 Å². The van der Waals surface area contributed by atoms with Crippen LogP contribution in [0.1, 0.15) is 18.9 Å². The number of nitrogens with zero attached hydrogens (tertiary/aromatic N) is 4. The molecule has 6 nitrogen and oxygen atoms in total. The van der Waals surface area contributed by atoms with E-state index in [1.165, 1.54) is 4.57 Å². The molecule has 0 aromatic carbocycles. The van der Waals surface area contributed by atoms with E-state index in [1.54, 1.807) is 26.0 Å². The Hall–Kier alpha value is -1.01. The summed E-state index contributed by atoms with van der Waals surface area (Å²) < 4.78 is 2.46. The molecule has 1 aromatic heterocycles. The number of aromatic nitrogens is 3. The minimum atomic E-state index is -0.576. The Morgan fingerprint density at radius 1 is 1.26 bits per heavy atom. The normalized spacial score (nSPS) is 26.7. The number of halogens is 2. The van der Waals surface area contributed by atoms with Crippen LogP contribution in [0.4, 0.5) is 5.95 Å². The van der Waals surface area contributed by atoms with Crippen LogP contribution in [0, 0.1) is 0 Å². The summed E-state index contributed by atoms with van der Waals surface area (Å²) in [5, 5.41) is -0.657. The first-order chi connectivity index (χ1) is 8.84.